The van der Waals surface area contributed by atoms with Gasteiger partial charge in [-0.15, -0.1) is 0 Å². The van der Waals surface area contributed by atoms with Gasteiger partial charge in [0.05, 0.1) is 40.3 Å². The Balaban J connectivity index is 4.18. The lowest BCUT2D eigenvalue weighted by atomic mass is 10.0. The van der Waals surface area contributed by atoms with Crippen molar-refractivity contribution in [1.82, 2.24) is 0 Å². The summed E-state index contributed by atoms with van der Waals surface area (Å²) in [6.45, 7) is 4.45. The van der Waals surface area contributed by atoms with Crippen molar-refractivity contribution < 1.29 is 42.9 Å². The smallest absolute Gasteiger partial charge is 0.306 e. The van der Waals surface area contributed by atoms with Gasteiger partial charge in [-0.2, -0.15) is 0 Å². The predicted octanol–water partition coefficient (Wildman–Crippen LogP) is 23.4. The quantitative estimate of drug-likeness (QED) is 0.0195. The van der Waals surface area contributed by atoms with Crippen molar-refractivity contribution in [2.75, 3.05) is 47.5 Å². The van der Waals surface area contributed by atoms with Crippen molar-refractivity contribution in [1.29, 1.82) is 0 Å². The lowest BCUT2D eigenvalue weighted by Crippen LogP contribution is -2.44. The van der Waals surface area contributed by atoms with E-state index < -0.39 is 24.3 Å². The van der Waals surface area contributed by atoms with Crippen molar-refractivity contribution in [2.45, 2.75) is 283 Å². The number of nitrogens with zero attached hydrogens (tertiary/aromatic N) is 1. The van der Waals surface area contributed by atoms with Crippen LogP contribution in [0.1, 0.15) is 271 Å². The van der Waals surface area contributed by atoms with Gasteiger partial charge in [0.2, 0.25) is 0 Å². The summed E-state index contributed by atoms with van der Waals surface area (Å²) < 4.78 is 22.8. The molecule has 0 rings (SSSR count). The molecule has 0 fully saturated rings. The van der Waals surface area contributed by atoms with E-state index in [1.54, 1.807) is 0 Å². The number of ether oxygens (including phenoxy) is 4. The average Bonchev–Trinajstić information content (AvgIpc) is 2.59. The van der Waals surface area contributed by atoms with E-state index in [-0.39, 0.29) is 38.6 Å². The molecule has 9 heteroatoms. The van der Waals surface area contributed by atoms with Crippen LogP contribution in [-0.2, 0) is 33.3 Å². The van der Waals surface area contributed by atoms with Gasteiger partial charge in [0.1, 0.15) is 13.2 Å². The third-order valence-corrected chi connectivity index (χ3v) is 15.5. The Kier molecular flexibility index (Phi) is 70.9. The number of allylic oxidation sites excluding steroid dienone is 34. The third kappa shape index (κ3) is 77.1. The number of hydrogen-bond acceptors (Lipinski definition) is 8. The van der Waals surface area contributed by atoms with Crippen LogP contribution in [0.2, 0.25) is 0 Å². The molecule has 0 aliphatic heterocycles. The van der Waals surface area contributed by atoms with Gasteiger partial charge in [-0.1, -0.05) is 317 Å². The van der Waals surface area contributed by atoms with E-state index in [9.17, 15) is 19.5 Å². The number of hydrogen-bond donors (Lipinski definition) is 0. The second-order valence-corrected chi connectivity index (χ2v) is 25.8. The summed E-state index contributed by atoms with van der Waals surface area (Å²) in [5, 5.41) is 11.8. The molecule has 544 valence electrons. The number of aliphatic carboxylic acids is 1. The van der Waals surface area contributed by atoms with E-state index >= 15 is 0 Å². The number of carbonyl (C=O) groups is 3. The maximum absolute atomic E-state index is 12.9. The van der Waals surface area contributed by atoms with Gasteiger partial charge in [0.25, 0.3) is 0 Å². The van der Waals surface area contributed by atoms with Gasteiger partial charge in [-0.25, -0.2) is 0 Å². The highest BCUT2D eigenvalue weighted by Crippen LogP contribution is 2.16. The maximum Gasteiger partial charge on any atom is 0.306 e. The Morgan fingerprint density at radius 3 is 0.845 bits per heavy atom. The number of rotatable bonds is 68. The molecule has 0 heterocycles. The molecule has 0 aromatic heterocycles. The SMILES string of the molecule is CC/C=C\C/C=C\C/C=C\C/C=C\C/C=C\C/C=C\C/C=C\C/C=C\C/C=C\C/C=C\CCCCC(=O)OC(COC(=O)CCCCCCCCCCCCCCCCCCC/C=C\C/C=C\C/C=C\C/C=C\C/C=C\C/C=C\C/C=C\CC)COC(OCC[N+](C)(C)C)C(=O)[O-]. The fourth-order valence-electron chi connectivity index (χ4n) is 9.78. The van der Waals surface area contributed by atoms with Crippen LogP contribution in [0.25, 0.3) is 0 Å². The molecule has 0 aliphatic rings. The van der Waals surface area contributed by atoms with Gasteiger partial charge < -0.3 is 33.3 Å². The molecule has 0 bridgehead atoms. The monoisotopic (exact) mass is 1340 g/mol. The van der Waals surface area contributed by atoms with E-state index in [1.165, 1.54) is 96.3 Å². The molecule has 2 atom stereocenters. The molecule has 0 spiro atoms. The summed E-state index contributed by atoms with van der Waals surface area (Å²) in [4.78, 5) is 37.6. The van der Waals surface area contributed by atoms with E-state index in [0.29, 0.717) is 17.4 Å². The summed E-state index contributed by atoms with van der Waals surface area (Å²) in [6, 6.07) is 0. The number of likely N-dealkylation sites (N-methyl/N-ethyl adjacent to an activating group) is 1. The fraction of sp³-hybridized carbons (Fsp3) is 0.580. The Hall–Kier alpha value is -6.13. The van der Waals surface area contributed by atoms with Crippen LogP contribution in [0, 0.1) is 0 Å². The Bertz CT molecular complexity index is 2350. The van der Waals surface area contributed by atoms with Crippen LogP contribution in [0.15, 0.2) is 207 Å². The largest absolute Gasteiger partial charge is 0.545 e. The minimum Gasteiger partial charge on any atom is -0.545 e. The molecule has 2 unspecified atom stereocenters. The summed E-state index contributed by atoms with van der Waals surface area (Å²) >= 11 is 0. The molecule has 0 amide bonds. The predicted molar refractivity (Wildman–Crippen MR) is 416 cm³/mol. The van der Waals surface area contributed by atoms with Crippen LogP contribution >= 0.6 is 0 Å². The molecule has 0 saturated heterocycles. The van der Waals surface area contributed by atoms with Crippen LogP contribution < -0.4 is 5.11 Å². The van der Waals surface area contributed by atoms with Crippen molar-refractivity contribution in [3.8, 4) is 0 Å². The number of carbonyl (C=O) groups excluding carboxylic acids is 3. The summed E-state index contributed by atoms with van der Waals surface area (Å²) in [5.41, 5.74) is 0. The minimum atomic E-state index is -1.65. The summed E-state index contributed by atoms with van der Waals surface area (Å²) in [6.07, 6.45) is 115. The first-order valence-electron chi connectivity index (χ1n) is 38.2. The standard InChI is InChI=1S/C88H139NO8/c1-6-8-10-12-14-16-18-20-22-24-26-28-30-32-34-36-38-40-41-42-43-44-45-47-48-50-52-54-56-58-60-62-64-66-68-70-72-74-76-78-85(90)95-82-84(83-96-88(87(92)93)94-81-80-89(3,4)5)97-86(91)79-77-75-73-71-69-67-65-63-61-59-57-55-53-51-49-46-39-37-35-33-31-29-27-25-23-21-19-17-15-13-11-9-7-2/h8-11,14-17,20-23,26-29,32-35,38-40,42-43,46,51,53,57,59,63,65,69,71,84,88H,6-7,12-13,18-19,24-25,30-31,36-37,41,44-45,47-50,52,54-56,58,60-62,64,66-68,70,72-83H2,1-5H3/b10-8-,11-9-,16-14-,17-15-,22-20-,23-21-,28-26-,29-27-,34-32-,35-33-,40-38-,43-42-,46-39-,53-51-,59-57-,65-63-,71-69-. The first-order chi connectivity index (χ1) is 47.6. The van der Waals surface area contributed by atoms with E-state index in [4.69, 9.17) is 18.9 Å². The minimum absolute atomic E-state index is 0.129. The van der Waals surface area contributed by atoms with Crippen molar-refractivity contribution >= 4 is 17.9 Å². The van der Waals surface area contributed by atoms with E-state index in [2.05, 4.69) is 220 Å². The zero-order valence-corrected chi connectivity index (χ0v) is 62.1. The second-order valence-electron chi connectivity index (χ2n) is 25.8. The fourth-order valence-corrected chi connectivity index (χ4v) is 9.78. The van der Waals surface area contributed by atoms with Crippen molar-refractivity contribution in [3.63, 3.8) is 0 Å². The number of quaternary nitrogens is 1. The van der Waals surface area contributed by atoms with Crippen molar-refractivity contribution in [3.05, 3.63) is 207 Å². The molecule has 97 heavy (non-hydrogen) atoms. The first kappa shape index (κ1) is 90.9. The van der Waals surface area contributed by atoms with E-state index in [0.717, 1.165) is 141 Å². The molecule has 0 saturated carbocycles. The van der Waals surface area contributed by atoms with Gasteiger partial charge in [0.15, 0.2) is 12.4 Å². The molecule has 0 aromatic rings. The van der Waals surface area contributed by atoms with E-state index in [1.807, 2.05) is 21.1 Å². The van der Waals surface area contributed by atoms with Crippen LogP contribution in [0.3, 0.4) is 0 Å². The summed E-state index contributed by atoms with van der Waals surface area (Å²) in [5.74, 6) is -2.36. The third-order valence-electron chi connectivity index (χ3n) is 15.5. The van der Waals surface area contributed by atoms with Crippen molar-refractivity contribution in [2.24, 2.45) is 0 Å². The molecule has 9 nitrogen and oxygen atoms in total. The molecular weight excluding hydrogens is 1200 g/mol. The van der Waals surface area contributed by atoms with Gasteiger partial charge >= 0.3 is 11.9 Å². The summed E-state index contributed by atoms with van der Waals surface area (Å²) in [7, 11) is 5.91. The zero-order chi connectivity index (χ0) is 70.4. The van der Waals surface area contributed by atoms with Crippen LogP contribution in [-0.4, -0.2) is 82.3 Å². The molecule has 0 aliphatic carbocycles. The molecule has 0 N–H and O–H groups in total. The molecule has 0 aromatic carbocycles. The van der Waals surface area contributed by atoms with Gasteiger partial charge in [-0.3, -0.25) is 9.59 Å². The Morgan fingerprint density at radius 2 is 0.557 bits per heavy atom. The van der Waals surface area contributed by atoms with Gasteiger partial charge in [-0.05, 0) is 148 Å². The number of carboxylic acids is 1. The normalized spacial score (nSPS) is 13.9. The average molecular weight is 1340 g/mol. The molecular formula is C88H139NO8. The lowest BCUT2D eigenvalue weighted by molar-refractivity contribution is -0.870. The Morgan fingerprint density at radius 1 is 0.309 bits per heavy atom. The zero-order valence-electron chi connectivity index (χ0n) is 62.1. The van der Waals surface area contributed by atoms with Gasteiger partial charge in [0, 0.05) is 12.8 Å². The van der Waals surface area contributed by atoms with Crippen LogP contribution in [0.4, 0.5) is 0 Å². The number of carboxylic acid groups (broad SMARTS) is 1. The topological polar surface area (TPSA) is 111 Å². The van der Waals surface area contributed by atoms with Crippen LogP contribution in [0.5, 0.6) is 0 Å². The molecule has 0 radical (unpaired) electrons. The highest BCUT2D eigenvalue weighted by molar-refractivity contribution is 5.70. The maximum atomic E-state index is 12.9. The highest BCUT2D eigenvalue weighted by Gasteiger charge is 2.22. The highest BCUT2D eigenvalue weighted by atomic mass is 16.7. The Labute approximate surface area is 594 Å². The number of esters is 2. The number of unbranched alkanes of at least 4 members (excludes halogenated alkanes) is 19. The second kappa shape index (κ2) is 75.6. The first-order valence-corrected chi connectivity index (χ1v) is 38.2. The lowest BCUT2D eigenvalue weighted by Gasteiger charge is -2.26.